The molecule has 2 aromatic carbocycles. The molecule has 0 saturated heterocycles. The molecule has 118 valence electrons. The molecule has 0 bridgehead atoms. The fourth-order valence-electron chi connectivity index (χ4n) is 4.92. The molecule has 2 aromatic rings. The fraction of sp³-hybridized carbons (Fsp3) is 0.409. The molecule has 4 rings (SSSR count). The Morgan fingerprint density at radius 1 is 0.913 bits per heavy atom. The predicted octanol–water partition coefficient (Wildman–Crippen LogP) is 5.31. The van der Waals surface area contributed by atoms with Gasteiger partial charge >= 0.3 is 0 Å². The van der Waals surface area contributed by atoms with Crippen molar-refractivity contribution < 1.29 is 4.79 Å². The van der Waals surface area contributed by atoms with Gasteiger partial charge in [0.15, 0.2) is 0 Å². The minimum absolute atomic E-state index is 0.179. The second-order valence-corrected chi connectivity index (χ2v) is 7.87. The van der Waals surface area contributed by atoms with Crippen LogP contribution in [0.15, 0.2) is 54.6 Å². The lowest BCUT2D eigenvalue weighted by atomic mass is 9.54. The highest BCUT2D eigenvalue weighted by Crippen LogP contribution is 2.56. The maximum Gasteiger partial charge on any atom is 0.136 e. The van der Waals surface area contributed by atoms with E-state index >= 15 is 0 Å². The lowest BCUT2D eigenvalue weighted by Gasteiger charge is -2.48. The van der Waals surface area contributed by atoms with E-state index in [-0.39, 0.29) is 11.3 Å². The number of carbonyl (C=O) groups is 1. The van der Waals surface area contributed by atoms with Gasteiger partial charge in [-0.05, 0) is 40.9 Å². The van der Waals surface area contributed by atoms with Gasteiger partial charge in [-0.15, -0.1) is 0 Å². The van der Waals surface area contributed by atoms with Crippen LogP contribution in [0.4, 0.5) is 0 Å². The van der Waals surface area contributed by atoms with Gasteiger partial charge < -0.3 is 0 Å². The summed E-state index contributed by atoms with van der Waals surface area (Å²) in [6.07, 6.45) is 2.73. The van der Waals surface area contributed by atoms with E-state index in [4.69, 9.17) is 0 Å². The summed E-state index contributed by atoms with van der Waals surface area (Å²) in [6.45, 7) is 4.69. The molecule has 0 radical (unpaired) electrons. The molecule has 1 unspecified atom stereocenters. The van der Waals surface area contributed by atoms with Crippen molar-refractivity contribution in [1.29, 1.82) is 0 Å². The zero-order valence-electron chi connectivity index (χ0n) is 14.0. The molecule has 0 amide bonds. The monoisotopic (exact) mass is 304 g/mol. The summed E-state index contributed by atoms with van der Waals surface area (Å²) in [5, 5.41) is 0. The lowest BCUT2D eigenvalue weighted by molar-refractivity contribution is -0.129. The van der Waals surface area contributed by atoms with Crippen LogP contribution in [0, 0.1) is 11.3 Å². The number of Topliss-reactive ketones (excluding diaryl/α,β-unsaturated/α-hetero) is 1. The van der Waals surface area contributed by atoms with E-state index in [1.165, 1.54) is 16.7 Å². The van der Waals surface area contributed by atoms with Crippen molar-refractivity contribution in [3.05, 3.63) is 71.3 Å². The Balaban J connectivity index is 1.88. The average Bonchev–Trinajstić information content (AvgIpc) is 2.58. The van der Waals surface area contributed by atoms with Crippen molar-refractivity contribution in [1.82, 2.24) is 0 Å². The van der Waals surface area contributed by atoms with Gasteiger partial charge in [-0.3, -0.25) is 4.79 Å². The van der Waals surface area contributed by atoms with Crippen LogP contribution in [0.25, 0.3) is 0 Å². The summed E-state index contributed by atoms with van der Waals surface area (Å²) >= 11 is 0. The molecule has 1 saturated carbocycles. The number of rotatable bonds is 1. The van der Waals surface area contributed by atoms with E-state index in [0.29, 0.717) is 17.6 Å². The number of carbonyl (C=O) groups excluding carboxylic acids is 1. The Kier molecular flexibility index (Phi) is 3.41. The molecule has 0 N–H and O–H groups in total. The molecule has 2 aliphatic rings. The maximum absolute atomic E-state index is 12.7. The molecule has 1 heteroatoms. The fourth-order valence-corrected chi connectivity index (χ4v) is 4.92. The van der Waals surface area contributed by atoms with E-state index in [0.717, 1.165) is 19.3 Å². The van der Waals surface area contributed by atoms with E-state index in [2.05, 4.69) is 68.4 Å². The molecule has 0 aliphatic heterocycles. The first-order valence-corrected chi connectivity index (χ1v) is 8.74. The van der Waals surface area contributed by atoms with Crippen LogP contribution in [0.2, 0.25) is 0 Å². The van der Waals surface area contributed by atoms with Gasteiger partial charge in [0.2, 0.25) is 0 Å². The van der Waals surface area contributed by atoms with Crippen molar-refractivity contribution in [2.24, 2.45) is 11.3 Å². The third kappa shape index (κ3) is 2.34. The largest absolute Gasteiger partial charge is 0.299 e. The third-order valence-electron chi connectivity index (χ3n) is 6.07. The van der Waals surface area contributed by atoms with Crippen LogP contribution in [0.3, 0.4) is 0 Å². The summed E-state index contributed by atoms with van der Waals surface area (Å²) in [4.78, 5) is 12.7. The Morgan fingerprint density at radius 3 is 2.30 bits per heavy atom. The Bertz CT molecular complexity index is 729. The summed E-state index contributed by atoms with van der Waals surface area (Å²) in [5.74, 6) is 1.38. The van der Waals surface area contributed by atoms with Gasteiger partial charge in [0.25, 0.3) is 0 Å². The first-order chi connectivity index (χ1) is 11.1. The SMILES string of the molecule is CC1(C)CCC(=O)[C@H]2CC(c3ccccc3)c3ccccc3[C@@H]21. The van der Waals surface area contributed by atoms with E-state index in [1.54, 1.807) is 0 Å². The number of fused-ring (bicyclic) bond motifs is 3. The van der Waals surface area contributed by atoms with Gasteiger partial charge in [-0.2, -0.15) is 0 Å². The minimum atomic E-state index is 0.179. The van der Waals surface area contributed by atoms with Crippen LogP contribution in [0.1, 0.15) is 61.6 Å². The van der Waals surface area contributed by atoms with Crippen molar-refractivity contribution in [3.63, 3.8) is 0 Å². The highest BCUT2D eigenvalue weighted by molar-refractivity contribution is 5.84. The minimum Gasteiger partial charge on any atom is -0.299 e. The molecule has 1 nitrogen and oxygen atoms in total. The topological polar surface area (TPSA) is 17.1 Å². The van der Waals surface area contributed by atoms with Gasteiger partial charge in [-0.25, -0.2) is 0 Å². The maximum atomic E-state index is 12.7. The smallest absolute Gasteiger partial charge is 0.136 e. The Morgan fingerprint density at radius 2 is 1.57 bits per heavy atom. The molecule has 3 atom stereocenters. The van der Waals surface area contributed by atoms with Gasteiger partial charge in [0.05, 0.1) is 0 Å². The van der Waals surface area contributed by atoms with E-state index in [9.17, 15) is 4.79 Å². The quantitative estimate of drug-likeness (QED) is 0.697. The molecule has 0 spiro atoms. The average molecular weight is 304 g/mol. The first kappa shape index (κ1) is 14.7. The second kappa shape index (κ2) is 5.33. The van der Waals surface area contributed by atoms with Gasteiger partial charge in [0, 0.05) is 18.3 Å². The molecule has 0 heterocycles. The first-order valence-electron chi connectivity index (χ1n) is 8.74. The molecule has 23 heavy (non-hydrogen) atoms. The normalized spacial score (nSPS) is 28.8. The number of hydrogen-bond acceptors (Lipinski definition) is 1. The van der Waals surface area contributed by atoms with E-state index < -0.39 is 0 Å². The zero-order valence-corrected chi connectivity index (χ0v) is 14.0. The van der Waals surface area contributed by atoms with Crippen molar-refractivity contribution in [3.8, 4) is 0 Å². The van der Waals surface area contributed by atoms with Crippen molar-refractivity contribution in [2.45, 2.75) is 44.9 Å². The predicted molar refractivity (Wildman–Crippen MR) is 93.6 cm³/mol. The molecule has 1 fully saturated rings. The van der Waals surface area contributed by atoms with Crippen molar-refractivity contribution in [2.75, 3.05) is 0 Å². The van der Waals surface area contributed by atoms with Crippen molar-refractivity contribution >= 4 is 5.78 Å². The highest BCUT2D eigenvalue weighted by Gasteiger charge is 2.48. The molecular formula is C22H24O. The van der Waals surface area contributed by atoms with Crippen LogP contribution in [-0.4, -0.2) is 5.78 Å². The summed E-state index contributed by atoms with van der Waals surface area (Å²) < 4.78 is 0. The molecule has 0 aromatic heterocycles. The van der Waals surface area contributed by atoms with E-state index in [1.807, 2.05) is 0 Å². The van der Waals surface area contributed by atoms with Crippen LogP contribution < -0.4 is 0 Å². The third-order valence-corrected chi connectivity index (χ3v) is 6.07. The lowest BCUT2D eigenvalue weighted by Crippen LogP contribution is -2.42. The zero-order chi connectivity index (χ0) is 16.0. The Hall–Kier alpha value is -1.89. The van der Waals surface area contributed by atoms with Crippen LogP contribution in [-0.2, 0) is 4.79 Å². The number of ketones is 1. The number of hydrogen-bond donors (Lipinski definition) is 0. The standard InChI is InChI=1S/C22H24O/c1-22(2)13-12-20(23)19-14-18(15-8-4-3-5-9-15)16-10-6-7-11-17(16)21(19)22/h3-11,18-19,21H,12-14H2,1-2H3/t18?,19-,21+/m1/s1. The van der Waals surface area contributed by atoms with Crippen LogP contribution >= 0.6 is 0 Å². The summed E-state index contributed by atoms with van der Waals surface area (Å²) in [5.41, 5.74) is 4.39. The number of benzene rings is 2. The summed E-state index contributed by atoms with van der Waals surface area (Å²) in [6, 6.07) is 19.5. The van der Waals surface area contributed by atoms with Gasteiger partial charge in [-0.1, -0.05) is 68.4 Å². The molecule has 2 aliphatic carbocycles. The van der Waals surface area contributed by atoms with Gasteiger partial charge in [0.1, 0.15) is 5.78 Å². The second-order valence-electron chi connectivity index (χ2n) is 7.87. The highest BCUT2D eigenvalue weighted by atomic mass is 16.1. The summed E-state index contributed by atoms with van der Waals surface area (Å²) in [7, 11) is 0. The molecular weight excluding hydrogens is 280 g/mol. The Labute approximate surface area is 138 Å². The van der Waals surface area contributed by atoms with Crippen LogP contribution in [0.5, 0.6) is 0 Å².